The van der Waals surface area contributed by atoms with Crippen molar-refractivity contribution in [3.63, 3.8) is 0 Å². The first-order valence-electron chi connectivity index (χ1n) is 7.73. The Hall–Kier alpha value is -3.28. The van der Waals surface area contributed by atoms with Gasteiger partial charge in [0.15, 0.2) is 11.5 Å². The number of ether oxygens (including phenoxy) is 2. The molecule has 0 spiro atoms. The van der Waals surface area contributed by atoms with Gasteiger partial charge < -0.3 is 15.2 Å². The Morgan fingerprint density at radius 3 is 2.48 bits per heavy atom. The van der Waals surface area contributed by atoms with Gasteiger partial charge in [-0.3, -0.25) is 4.79 Å². The van der Waals surface area contributed by atoms with E-state index in [4.69, 9.17) is 15.2 Å². The van der Waals surface area contributed by atoms with Crippen LogP contribution in [0.1, 0.15) is 15.9 Å². The number of carbonyl (C=O) groups excluding carboxylic acids is 1. The summed E-state index contributed by atoms with van der Waals surface area (Å²) in [7, 11) is 3.07. The van der Waals surface area contributed by atoms with Gasteiger partial charge in [0.2, 0.25) is 0 Å². The van der Waals surface area contributed by atoms with E-state index in [1.165, 1.54) is 11.8 Å². The monoisotopic (exact) mass is 337 g/mol. The molecule has 2 aromatic carbocycles. The van der Waals surface area contributed by atoms with Gasteiger partial charge in [0.1, 0.15) is 5.82 Å². The quantitative estimate of drug-likeness (QED) is 0.791. The number of anilines is 1. The average molecular weight is 337 g/mol. The molecule has 3 rings (SSSR count). The van der Waals surface area contributed by atoms with Gasteiger partial charge in [-0.2, -0.15) is 4.68 Å². The Morgan fingerprint density at radius 1 is 1.04 bits per heavy atom. The predicted octanol–water partition coefficient (Wildman–Crippen LogP) is 3.15. The minimum Gasteiger partial charge on any atom is -0.493 e. The fourth-order valence-electron chi connectivity index (χ4n) is 2.66. The Morgan fingerprint density at radius 2 is 1.80 bits per heavy atom. The van der Waals surface area contributed by atoms with E-state index < -0.39 is 0 Å². The highest BCUT2D eigenvalue weighted by Gasteiger charge is 2.18. The zero-order valence-corrected chi connectivity index (χ0v) is 14.3. The first-order valence-corrected chi connectivity index (χ1v) is 7.73. The second-order valence-electron chi connectivity index (χ2n) is 5.61. The van der Waals surface area contributed by atoms with Gasteiger partial charge in [-0.1, -0.05) is 23.8 Å². The van der Waals surface area contributed by atoms with Crippen LogP contribution in [-0.4, -0.2) is 29.9 Å². The molecule has 6 heteroatoms. The van der Waals surface area contributed by atoms with Crippen LogP contribution in [0.5, 0.6) is 11.5 Å². The number of aromatic nitrogens is 2. The summed E-state index contributed by atoms with van der Waals surface area (Å²) in [5, 5.41) is 4.16. The molecule has 0 aliphatic heterocycles. The van der Waals surface area contributed by atoms with E-state index in [1.54, 1.807) is 31.4 Å². The minimum absolute atomic E-state index is 0.283. The second-order valence-corrected chi connectivity index (χ2v) is 5.61. The molecule has 0 amide bonds. The summed E-state index contributed by atoms with van der Waals surface area (Å²) in [5.41, 5.74) is 8.87. The van der Waals surface area contributed by atoms with Crippen molar-refractivity contribution < 1.29 is 14.3 Å². The molecule has 0 aliphatic rings. The highest BCUT2D eigenvalue weighted by Crippen LogP contribution is 2.29. The Kier molecular flexibility index (Phi) is 4.43. The van der Waals surface area contributed by atoms with Gasteiger partial charge in [-0.25, -0.2) is 0 Å². The molecule has 25 heavy (non-hydrogen) atoms. The molecule has 3 aromatic rings. The third-order valence-corrected chi connectivity index (χ3v) is 3.86. The van der Waals surface area contributed by atoms with E-state index in [2.05, 4.69) is 5.10 Å². The fourth-order valence-corrected chi connectivity index (χ4v) is 2.66. The van der Waals surface area contributed by atoms with Crippen LogP contribution in [0.3, 0.4) is 0 Å². The molecule has 1 heterocycles. The summed E-state index contributed by atoms with van der Waals surface area (Å²) in [6, 6.07) is 14.5. The Bertz CT molecular complexity index is 931. The van der Waals surface area contributed by atoms with Gasteiger partial charge in [-0.05, 0) is 31.2 Å². The lowest BCUT2D eigenvalue weighted by Gasteiger charge is -2.10. The lowest BCUT2D eigenvalue weighted by atomic mass is 10.1. The molecule has 0 saturated heterocycles. The molecule has 2 N–H and O–H groups in total. The molecule has 0 atom stereocenters. The zero-order chi connectivity index (χ0) is 18.0. The summed E-state index contributed by atoms with van der Waals surface area (Å²) in [6.07, 6.45) is 0. The maximum absolute atomic E-state index is 13.0. The van der Waals surface area contributed by atoms with Crippen LogP contribution in [-0.2, 0) is 0 Å². The molecule has 6 nitrogen and oxygen atoms in total. The van der Waals surface area contributed by atoms with Crippen molar-refractivity contribution in [1.82, 2.24) is 9.78 Å². The van der Waals surface area contributed by atoms with E-state index in [-0.39, 0.29) is 11.7 Å². The maximum Gasteiger partial charge on any atom is 0.278 e. The van der Waals surface area contributed by atoms with Gasteiger partial charge in [0, 0.05) is 17.2 Å². The molecule has 128 valence electrons. The number of nitrogens with zero attached hydrogens (tertiary/aromatic N) is 2. The number of aryl methyl sites for hydroxylation is 1. The molecule has 0 radical (unpaired) electrons. The van der Waals surface area contributed by atoms with Gasteiger partial charge in [0.25, 0.3) is 5.91 Å². The molecule has 0 unspecified atom stereocenters. The normalized spacial score (nSPS) is 10.5. The second kappa shape index (κ2) is 6.68. The summed E-state index contributed by atoms with van der Waals surface area (Å²) in [6.45, 7) is 1.99. The molecule has 0 aliphatic carbocycles. The number of methoxy groups -OCH3 is 2. The Balaban J connectivity index is 2.07. The SMILES string of the molecule is COc1ccc(C(=O)n2nc(N)cc2-c2cccc(C)c2)cc1OC. The predicted molar refractivity (Wildman–Crippen MR) is 96.1 cm³/mol. The van der Waals surface area contributed by atoms with Crippen molar-refractivity contribution in [2.24, 2.45) is 0 Å². The van der Waals surface area contributed by atoms with Crippen molar-refractivity contribution >= 4 is 11.7 Å². The van der Waals surface area contributed by atoms with Crippen molar-refractivity contribution in [2.75, 3.05) is 20.0 Å². The van der Waals surface area contributed by atoms with E-state index in [0.717, 1.165) is 11.1 Å². The number of nitrogens with two attached hydrogens (primary N) is 1. The molecule has 1 aromatic heterocycles. The van der Waals surface area contributed by atoms with Crippen molar-refractivity contribution in [3.8, 4) is 22.8 Å². The molecule has 0 bridgehead atoms. The van der Waals surface area contributed by atoms with Crippen molar-refractivity contribution in [2.45, 2.75) is 6.92 Å². The van der Waals surface area contributed by atoms with Crippen LogP contribution in [0.15, 0.2) is 48.5 Å². The average Bonchev–Trinajstić information content (AvgIpc) is 3.02. The third-order valence-electron chi connectivity index (χ3n) is 3.86. The van der Waals surface area contributed by atoms with Gasteiger partial charge >= 0.3 is 0 Å². The van der Waals surface area contributed by atoms with E-state index >= 15 is 0 Å². The highest BCUT2D eigenvalue weighted by atomic mass is 16.5. The number of hydrogen-bond donors (Lipinski definition) is 1. The largest absolute Gasteiger partial charge is 0.493 e. The van der Waals surface area contributed by atoms with Crippen LogP contribution in [0.4, 0.5) is 5.82 Å². The smallest absolute Gasteiger partial charge is 0.278 e. The van der Waals surface area contributed by atoms with Crippen LogP contribution < -0.4 is 15.2 Å². The number of carbonyl (C=O) groups is 1. The molecule has 0 fully saturated rings. The first-order chi connectivity index (χ1) is 12.0. The van der Waals surface area contributed by atoms with Gasteiger partial charge in [-0.15, -0.1) is 5.10 Å². The minimum atomic E-state index is -0.297. The number of nitrogen functional groups attached to an aromatic ring is 1. The van der Waals surface area contributed by atoms with Crippen LogP contribution >= 0.6 is 0 Å². The van der Waals surface area contributed by atoms with Gasteiger partial charge in [0.05, 0.1) is 19.9 Å². The summed E-state index contributed by atoms with van der Waals surface area (Å²) < 4.78 is 11.8. The van der Waals surface area contributed by atoms with Crippen LogP contribution in [0, 0.1) is 6.92 Å². The maximum atomic E-state index is 13.0. The topological polar surface area (TPSA) is 79.4 Å². The van der Waals surface area contributed by atoms with Crippen molar-refractivity contribution in [1.29, 1.82) is 0 Å². The van der Waals surface area contributed by atoms with E-state index in [9.17, 15) is 4.79 Å². The highest BCUT2D eigenvalue weighted by molar-refractivity contribution is 5.98. The summed E-state index contributed by atoms with van der Waals surface area (Å²) in [5.74, 6) is 1.02. The third kappa shape index (κ3) is 3.19. The van der Waals surface area contributed by atoms with E-state index in [0.29, 0.717) is 22.8 Å². The zero-order valence-electron chi connectivity index (χ0n) is 14.3. The molecule has 0 saturated carbocycles. The standard InChI is InChI=1S/C19H19N3O3/c1-12-5-4-6-13(9-12)15-11-18(20)21-22(15)19(23)14-7-8-16(24-2)17(10-14)25-3/h4-11H,1-3H3,(H2,20,21). The summed E-state index contributed by atoms with van der Waals surface area (Å²) in [4.78, 5) is 13.0. The Labute approximate surface area is 145 Å². The van der Waals surface area contributed by atoms with Crippen LogP contribution in [0.2, 0.25) is 0 Å². The fraction of sp³-hybridized carbons (Fsp3) is 0.158. The lowest BCUT2D eigenvalue weighted by molar-refractivity contribution is 0.0947. The lowest BCUT2D eigenvalue weighted by Crippen LogP contribution is -2.15. The van der Waals surface area contributed by atoms with E-state index in [1.807, 2.05) is 31.2 Å². The number of rotatable bonds is 4. The van der Waals surface area contributed by atoms with Crippen LogP contribution in [0.25, 0.3) is 11.3 Å². The molecular weight excluding hydrogens is 318 g/mol. The number of hydrogen-bond acceptors (Lipinski definition) is 5. The molecular formula is C19H19N3O3. The summed E-state index contributed by atoms with van der Waals surface area (Å²) >= 11 is 0. The van der Waals surface area contributed by atoms with Crippen molar-refractivity contribution in [3.05, 3.63) is 59.7 Å². The first kappa shape index (κ1) is 16.6. The number of benzene rings is 2.